The minimum absolute atomic E-state index is 0.0292. The maximum atomic E-state index is 13.3. The van der Waals surface area contributed by atoms with Crippen molar-refractivity contribution in [2.75, 3.05) is 47.1 Å². The number of halogens is 1. The molecule has 1 amide bonds. The molecule has 2 rings (SSSR count). The largest absolute Gasteiger partial charge is 0.385 e. The number of hydrogen-bond acceptors (Lipinski definition) is 5. The molecule has 0 radical (unpaired) electrons. The van der Waals surface area contributed by atoms with E-state index in [-0.39, 0.29) is 23.2 Å². The van der Waals surface area contributed by atoms with E-state index in [2.05, 4.69) is 13.8 Å². The van der Waals surface area contributed by atoms with Crippen molar-refractivity contribution in [2.24, 2.45) is 23.0 Å². The van der Waals surface area contributed by atoms with Crippen molar-refractivity contribution in [1.82, 2.24) is 4.90 Å². The zero-order valence-electron chi connectivity index (χ0n) is 21.5. The van der Waals surface area contributed by atoms with Gasteiger partial charge in [0.25, 0.3) is 0 Å². The highest BCUT2D eigenvalue weighted by molar-refractivity contribution is 6.30. The molecule has 1 saturated heterocycles. The monoisotopic (exact) mass is 496 g/mol. The Labute approximate surface area is 211 Å². The second-order valence-electron chi connectivity index (χ2n) is 10.7. The van der Waals surface area contributed by atoms with Crippen molar-refractivity contribution in [2.45, 2.75) is 64.4 Å². The molecule has 0 aliphatic carbocycles. The predicted molar refractivity (Wildman–Crippen MR) is 138 cm³/mol. The molecule has 1 aromatic rings. The first-order valence-corrected chi connectivity index (χ1v) is 13.0. The van der Waals surface area contributed by atoms with Crippen molar-refractivity contribution in [3.8, 4) is 0 Å². The zero-order chi connectivity index (χ0) is 25.2. The Hall–Kier alpha value is -1.18. The highest BCUT2D eigenvalue weighted by atomic mass is 35.5. The molecule has 1 aliphatic rings. The molecule has 3 atom stereocenters. The SMILES string of the molecule is COCCCC[C@@](O)(c1cccc(Cl)c1)[C@@H]1CCCN(C(=O)C[C@H](CN)CC(C)(C)COC)C1. The Morgan fingerprint density at radius 1 is 1.29 bits per heavy atom. The first-order valence-electron chi connectivity index (χ1n) is 12.6. The van der Waals surface area contributed by atoms with Gasteiger partial charge in [0, 0.05) is 51.3 Å². The molecule has 0 saturated carbocycles. The molecule has 1 aromatic carbocycles. The molecule has 1 fully saturated rings. The molecule has 0 bridgehead atoms. The minimum Gasteiger partial charge on any atom is -0.385 e. The van der Waals surface area contributed by atoms with Gasteiger partial charge in [-0.05, 0) is 74.1 Å². The summed E-state index contributed by atoms with van der Waals surface area (Å²) in [5.74, 6) is 0.188. The fourth-order valence-corrected chi connectivity index (χ4v) is 5.61. The molecule has 194 valence electrons. The summed E-state index contributed by atoms with van der Waals surface area (Å²) in [6.07, 6.45) is 5.35. The van der Waals surface area contributed by atoms with Crippen molar-refractivity contribution < 1.29 is 19.4 Å². The minimum atomic E-state index is -1.04. The van der Waals surface area contributed by atoms with Crippen LogP contribution in [0.4, 0.5) is 0 Å². The molecule has 3 N–H and O–H groups in total. The molecule has 0 aromatic heterocycles. The summed E-state index contributed by atoms with van der Waals surface area (Å²) in [6.45, 7) is 7.35. The number of hydrogen-bond donors (Lipinski definition) is 2. The van der Waals surface area contributed by atoms with Crippen LogP contribution < -0.4 is 5.73 Å². The number of nitrogens with two attached hydrogens (primary N) is 1. The Morgan fingerprint density at radius 2 is 2.06 bits per heavy atom. The summed E-state index contributed by atoms with van der Waals surface area (Å²) < 4.78 is 10.5. The summed E-state index contributed by atoms with van der Waals surface area (Å²) in [4.78, 5) is 15.2. The number of likely N-dealkylation sites (tertiary alicyclic amines) is 1. The van der Waals surface area contributed by atoms with Crippen molar-refractivity contribution in [3.63, 3.8) is 0 Å². The van der Waals surface area contributed by atoms with Crippen LogP contribution in [0.1, 0.15) is 64.4 Å². The van der Waals surface area contributed by atoms with E-state index in [9.17, 15) is 9.90 Å². The summed E-state index contributed by atoms with van der Waals surface area (Å²) in [5, 5.41) is 12.6. The zero-order valence-corrected chi connectivity index (χ0v) is 22.3. The van der Waals surface area contributed by atoms with E-state index in [0.717, 1.165) is 44.2 Å². The van der Waals surface area contributed by atoms with E-state index in [1.165, 1.54) is 0 Å². The van der Waals surface area contributed by atoms with Crippen LogP contribution in [0.3, 0.4) is 0 Å². The summed E-state index contributed by atoms with van der Waals surface area (Å²) in [5.41, 5.74) is 5.81. The van der Waals surface area contributed by atoms with Gasteiger partial charge in [-0.2, -0.15) is 0 Å². The quantitative estimate of drug-likeness (QED) is 0.367. The van der Waals surface area contributed by atoms with Gasteiger partial charge in [0.05, 0.1) is 12.2 Å². The van der Waals surface area contributed by atoms with Crippen molar-refractivity contribution in [1.29, 1.82) is 0 Å². The number of ether oxygens (including phenoxy) is 2. The normalized spacial score (nSPS) is 19.6. The van der Waals surface area contributed by atoms with Crippen LogP contribution in [0, 0.1) is 17.3 Å². The molecule has 0 unspecified atom stereocenters. The molecule has 1 heterocycles. The van der Waals surface area contributed by atoms with Gasteiger partial charge in [-0.15, -0.1) is 0 Å². The maximum Gasteiger partial charge on any atom is 0.222 e. The van der Waals surface area contributed by atoms with Crippen LogP contribution in [-0.2, 0) is 19.9 Å². The van der Waals surface area contributed by atoms with Crippen LogP contribution >= 0.6 is 11.6 Å². The molecule has 7 heteroatoms. The maximum absolute atomic E-state index is 13.3. The Bertz CT molecular complexity index is 760. The molecular formula is C27H45ClN2O4. The topological polar surface area (TPSA) is 85.0 Å². The first-order chi connectivity index (χ1) is 16.1. The fourth-order valence-electron chi connectivity index (χ4n) is 5.42. The van der Waals surface area contributed by atoms with Gasteiger partial charge < -0.3 is 25.2 Å². The van der Waals surface area contributed by atoms with Crippen molar-refractivity contribution >= 4 is 17.5 Å². The van der Waals surface area contributed by atoms with Gasteiger partial charge in [-0.3, -0.25) is 4.79 Å². The number of aliphatic hydroxyl groups is 1. The van der Waals surface area contributed by atoms with Gasteiger partial charge in [0.2, 0.25) is 5.91 Å². The van der Waals surface area contributed by atoms with E-state index < -0.39 is 5.60 Å². The van der Waals surface area contributed by atoms with E-state index >= 15 is 0 Å². The predicted octanol–water partition coefficient (Wildman–Crippen LogP) is 4.61. The van der Waals surface area contributed by atoms with Gasteiger partial charge >= 0.3 is 0 Å². The molecular weight excluding hydrogens is 452 g/mol. The summed E-state index contributed by atoms with van der Waals surface area (Å²) in [6, 6.07) is 7.52. The number of rotatable bonds is 14. The average molecular weight is 497 g/mol. The van der Waals surface area contributed by atoms with Gasteiger partial charge in [0.1, 0.15) is 0 Å². The smallest absolute Gasteiger partial charge is 0.222 e. The van der Waals surface area contributed by atoms with Gasteiger partial charge in [-0.25, -0.2) is 0 Å². The number of amides is 1. The second kappa shape index (κ2) is 13.8. The number of carbonyl (C=O) groups excluding carboxylic acids is 1. The summed E-state index contributed by atoms with van der Waals surface area (Å²) in [7, 11) is 3.40. The van der Waals surface area contributed by atoms with Crippen LogP contribution in [0.2, 0.25) is 5.02 Å². The summed E-state index contributed by atoms with van der Waals surface area (Å²) >= 11 is 6.28. The van der Waals surface area contributed by atoms with E-state index in [4.69, 9.17) is 26.8 Å². The third-order valence-corrected chi connectivity index (χ3v) is 7.34. The number of piperidine rings is 1. The lowest BCUT2D eigenvalue weighted by molar-refractivity contribution is -0.138. The van der Waals surface area contributed by atoms with Crippen molar-refractivity contribution in [3.05, 3.63) is 34.9 Å². The van der Waals surface area contributed by atoms with E-state index in [1.54, 1.807) is 14.2 Å². The molecule has 34 heavy (non-hydrogen) atoms. The molecule has 6 nitrogen and oxygen atoms in total. The van der Waals surface area contributed by atoms with E-state index in [1.807, 2.05) is 29.2 Å². The standard InChI is InChI=1S/C27H45ClN2O4/c1-26(2,20-34-4)17-21(18-29)15-25(31)30-13-8-10-23(19-30)27(32,12-5-6-14-33-3)22-9-7-11-24(28)16-22/h7,9,11,16,21,23,32H,5-6,8,10,12-15,17-20,29H2,1-4H3/t21-,23+,27+/m0/s1. The number of unbranched alkanes of at least 4 members (excludes halogenated alkanes) is 1. The Morgan fingerprint density at radius 3 is 2.71 bits per heavy atom. The Kier molecular flexibility index (Phi) is 11.8. The lowest BCUT2D eigenvalue weighted by Gasteiger charge is -2.43. The Balaban J connectivity index is 2.13. The van der Waals surface area contributed by atoms with Crippen LogP contribution in [0.25, 0.3) is 0 Å². The van der Waals surface area contributed by atoms with Crippen LogP contribution in [0.5, 0.6) is 0 Å². The molecule has 0 spiro atoms. The fraction of sp³-hybridized carbons (Fsp3) is 0.741. The number of benzene rings is 1. The average Bonchev–Trinajstić information content (AvgIpc) is 2.81. The van der Waals surface area contributed by atoms with Gasteiger partial charge in [0.15, 0.2) is 0 Å². The number of nitrogens with zero attached hydrogens (tertiary/aromatic N) is 1. The van der Waals surface area contributed by atoms with Crippen LogP contribution in [0.15, 0.2) is 24.3 Å². The number of methoxy groups -OCH3 is 2. The van der Waals surface area contributed by atoms with E-state index in [0.29, 0.717) is 44.2 Å². The van der Waals surface area contributed by atoms with Crippen LogP contribution in [-0.4, -0.2) is 63.0 Å². The lowest BCUT2D eigenvalue weighted by Crippen LogP contribution is -2.48. The second-order valence-corrected chi connectivity index (χ2v) is 11.1. The third-order valence-electron chi connectivity index (χ3n) is 7.10. The first kappa shape index (κ1) is 29.1. The molecule has 1 aliphatic heterocycles. The highest BCUT2D eigenvalue weighted by Crippen LogP contribution is 2.40. The lowest BCUT2D eigenvalue weighted by atomic mass is 9.74. The van der Waals surface area contributed by atoms with Gasteiger partial charge in [-0.1, -0.05) is 37.6 Å². The highest BCUT2D eigenvalue weighted by Gasteiger charge is 2.41. The third kappa shape index (κ3) is 8.49. The number of carbonyl (C=O) groups is 1.